The summed E-state index contributed by atoms with van der Waals surface area (Å²) in [5.41, 5.74) is 0. The first-order valence-corrected chi connectivity index (χ1v) is 5.08. The number of ether oxygens (including phenoxy) is 2. The molecule has 1 aromatic heterocycles. The zero-order valence-corrected chi connectivity index (χ0v) is 10.0. The Hall–Kier alpha value is -0.520. The lowest BCUT2D eigenvalue weighted by molar-refractivity contribution is 0.219. The van der Waals surface area contributed by atoms with Crippen LogP contribution in [-0.2, 0) is 0 Å². The lowest BCUT2D eigenvalue weighted by Gasteiger charge is -2.11. The van der Waals surface area contributed by atoms with Crippen LogP contribution < -0.4 is 9.47 Å². The third kappa shape index (κ3) is 3.02. The van der Waals surface area contributed by atoms with E-state index in [1.54, 1.807) is 7.11 Å². The molecule has 0 aliphatic heterocycles. The first-order valence-electron chi connectivity index (χ1n) is 4.00. The molecule has 0 spiro atoms. The molecule has 0 bridgehead atoms. The van der Waals surface area contributed by atoms with Crippen molar-refractivity contribution in [3.8, 4) is 11.6 Å². The molecule has 0 saturated heterocycles. The molecule has 1 aromatic rings. The van der Waals surface area contributed by atoms with Gasteiger partial charge in [-0.05, 0) is 48.6 Å². The maximum absolute atomic E-state index is 5.48. The second kappa shape index (κ2) is 4.64. The SMILES string of the molecule is COc1ccc(I)nc1OC(C)C. The van der Waals surface area contributed by atoms with Gasteiger partial charge in [-0.2, -0.15) is 0 Å². The van der Waals surface area contributed by atoms with Gasteiger partial charge in [0.25, 0.3) is 5.88 Å². The number of rotatable bonds is 3. The largest absolute Gasteiger partial charge is 0.491 e. The Bertz CT molecular complexity index is 289. The van der Waals surface area contributed by atoms with Gasteiger partial charge in [-0.15, -0.1) is 0 Å². The van der Waals surface area contributed by atoms with Crippen molar-refractivity contribution in [3.63, 3.8) is 0 Å². The van der Waals surface area contributed by atoms with Gasteiger partial charge in [-0.3, -0.25) is 0 Å². The molecular formula is C9H12INO2. The molecule has 3 nitrogen and oxygen atoms in total. The van der Waals surface area contributed by atoms with Gasteiger partial charge in [0.15, 0.2) is 5.75 Å². The van der Waals surface area contributed by atoms with Crippen LogP contribution in [0.25, 0.3) is 0 Å². The van der Waals surface area contributed by atoms with E-state index in [1.807, 2.05) is 26.0 Å². The molecule has 72 valence electrons. The number of hydrogen-bond donors (Lipinski definition) is 0. The third-order valence-corrected chi connectivity index (χ3v) is 1.96. The second-order valence-corrected chi connectivity index (χ2v) is 3.91. The third-order valence-electron chi connectivity index (χ3n) is 1.36. The van der Waals surface area contributed by atoms with E-state index in [9.17, 15) is 0 Å². The number of methoxy groups -OCH3 is 1. The van der Waals surface area contributed by atoms with Gasteiger partial charge in [0.2, 0.25) is 0 Å². The van der Waals surface area contributed by atoms with Crippen molar-refractivity contribution in [1.29, 1.82) is 0 Å². The highest BCUT2D eigenvalue weighted by Gasteiger charge is 2.07. The van der Waals surface area contributed by atoms with Crippen molar-refractivity contribution in [2.75, 3.05) is 7.11 Å². The molecule has 0 amide bonds. The smallest absolute Gasteiger partial charge is 0.258 e. The molecule has 0 aliphatic rings. The van der Waals surface area contributed by atoms with Gasteiger partial charge >= 0.3 is 0 Å². The number of nitrogens with zero attached hydrogens (tertiary/aromatic N) is 1. The molecule has 0 atom stereocenters. The Morgan fingerprint density at radius 2 is 2.08 bits per heavy atom. The van der Waals surface area contributed by atoms with Gasteiger partial charge in [-0.1, -0.05) is 0 Å². The van der Waals surface area contributed by atoms with E-state index in [4.69, 9.17) is 9.47 Å². The minimum Gasteiger partial charge on any atom is -0.491 e. The Balaban J connectivity index is 2.94. The predicted molar refractivity (Wildman–Crippen MR) is 59.3 cm³/mol. The molecule has 1 heterocycles. The van der Waals surface area contributed by atoms with Crippen LogP contribution in [0.4, 0.5) is 0 Å². The average Bonchev–Trinajstić information content (AvgIpc) is 2.03. The first-order chi connectivity index (χ1) is 6.13. The number of hydrogen-bond acceptors (Lipinski definition) is 3. The molecule has 0 aromatic carbocycles. The second-order valence-electron chi connectivity index (χ2n) is 2.81. The number of pyridine rings is 1. The molecule has 0 N–H and O–H groups in total. The van der Waals surface area contributed by atoms with Crippen molar-refractivity contribution in [3.05, 3.63) is 15.8 Å². The summed E-state index contributed by atoms with van der Waals surface area (Å²) in [7, 11) is 1.61. The van der Waals surface area contributed by atoms with E-state index in [0.717, 1.165) is 3.70 Å². The van der Waals surface area contributed by atoms with Crippen LogP contribution >= 0.6 is 22.6 Å². The summed E-state index contributed by atoms with van der Waals surface area (Å²) in [6.45, 7) is 3.92. The molecule has 4 heteroatoms. The minimum absolute atomic E-state index is 0.111. The maximum atomic E-state index is 5.48. The highest BCUT2D eigenvalue weighted by atomic mass is 127. The molecule has 0 fully saturated rings. The molecule has 0 saturated carbocycles. The topological polar surface area (TPSA) is 31.4 Å². The number of halogens is 1. The molecule has 0 aliphatic carbocycles. The monoisotopic (exact) mass is 293 g/mol. The quantitative estimate of drug-likeness (QED) is 0.634. The van der Waals surface area contributed by atoms with E-state index >= 15 is 0 Å². The van der Waals surface area contributed by atoms with Gasteiger partial charge in [0.05, 0.1) is 13.2 Å². The van der Waals surface area contributed by atoms with Gasteiger partial charge in [0.1, 0.15) is 3.70 Å². The summed E-state index contributed by atoms with van der Waals surface area (Å²) in [5.74, 6) is 1.23. The fourth-order valence-corrected chi connectivity index (χ4v) is 1.27. The van der Waals surface area contributed by atoms with Crippen LogP contribution in [0, 0.1) is 3.70 Å². The van der Waals surface area contributed by atoms with Crippen LogP contribution in [0.1, 0.15) is 13.8 Å². The Labute approximate surface area is 91.6 Å². The number of aromatic nitrogens is 1. The first kappa shape index (κ1) is 10.6. The van der Waals surface area contributed by atoms with Crippen molar-refractivity contribution in [2.45, 2.75) is 20.0 Å². The highest BCUT2D eigenvalue weighted by Crippen LogP contribution is 2.25. The van der Waals surface area contributed by atoms with Gasteiger partial charge < -0.3 is 9.47 Å². The summed E-state index contributed by atoms with van der Waals surface area (Å²) in [5, 5.41) is 0. The Morgan fingerprint density at radius 3 is 2.62 bits per heavy atom. The fourth-order valence-electron chi connectivity index (χ4n) is 0.868. The standard InChI is InChI=1S/C9H12INO2/c1-6(2)13-9-7(12-3)4-5-8(10)11-9/h4-6H,1-3H3. The van der Waals surface area contributed by atoms with Crippen LogP contribution in [0.2, 0.25) is 0 Å². The summed E-state index contributed by atoms with van der Waals surface area (Å²) < 4.78 is 11.5. The fraction of sp³-hybridized carbons (Fsp3) is 0.444. The summed E-state index contributed by atoms with van der Waals surface area (Å²) in [6, 6.07) is 3.74. The molecule has 1 rings (SSSR count). The molecule has 13 heavy (non-hydrogen) atoms. The van der Waals surface area contributed by atoms with E-state index in [0.29, 0.717) is 11.6 Å². The summed E-state index contributed by atoms with van der Waals surface area (Å²) in [6.07, 6.45) is 0.111. The maximum Gasteiger partial charge on any atom is 0.258 e. The van der Waals surface area contributed by atoms with Crippen molar-refractivity contribution >= 4 is 22.6 Å². The molecule has 0 radical (unpaired) electrons. The van der Waals surface area contributed by atoms with Crippen LogP contribution in [0.3, 0.4) is 0 Å². The minimum atomic E-state index is 0.111. The predicted octanol–water partition coefficient (Wildman–Crippen LogP) is 2.48. The summed E-state index contributed by atoms with van der Waals surface area (Å²) in [4.78, 5) is 4.22. The van der Waals surface area contributed by atoms with Crippen molar-refractivity contribution in [2.24, 2.45) is 0 Å². The van der Waals surface area contributed by atoms with Gasteiger partial charge in [-0.25, -0.2) is 4.98 Å². The van der Waals surface area contributed by atoms with E-state index < -0.39 is 0 Å². The Morgan fingerprint density at radius 1 is 1.38 bits per heavy atom. The van der Waals surface area contributed by atoms with Crippen molar-refractivity contribution in [1.82, 2.24) is 4.98 Å². The normalized spacial score (nSPS) is 10.2. The van der Waals surface area contributed by atoms with Gasteiger partial charge in [0, 0.05) is 0 Å². The molecule has 0 unspecified atom stereocenters. The average molecular weight is 293 g/mol. The Kier molecular flexibility index (Phi) is 3.77. The summed E-state index contributed by atoms with van der Waals surface area (Å²) >= 11 is 2.14. The van der Waals surface area contributed by atoms with E-state index in [-0.39, 0.29) is 6.10 Å². The highest BCUT2D eigenvalue weighted by molar-refractivity contribution is 14.1. The lowest BCUT2D eigenvalue weighted by Crippen LogP contribution is -2.08. The zero-order chi connectivity index (χ0) is 9.84. The van der Waals surface area contributed by atoms with Crippen LogP contribution in [0.5, 0.6) is 11.6 Å². The molecular weight excluding hydrogens is 281 g/mol. The lowest BCUT2D eigenvalue weighted by atomic mass is 10.4. The van der Waals surface area contributed by atoms with E-state index in [2.05, 4.69) is 27.6 Å². The van der Waals surface area contributed by atoms with Crippen LogP contribution in [0.15, 0.2) is 12.1 Å². The van der Waals surface area contributed by atoms with E-state index in [1.165, 1.54) is 0 Å². The zero-order valence-electron chi connectivity index (χ0n) is 7.87. The van der Waals surface area contributed by atoms with Crippen LogP contribution in [-0.4, -0.2) is 18.2 Å². The van der Waals surface area contributed by atoms with Crippen molar-refractivity contribution < 1.29 is 9.47 Å².